The van der Waals surface area contributed by atoms with Crippen molar-refractivity contribution in [2.45, 2.75) is 6.92 Å². The van der Waals surface area contributed by atoms with Crippen molar-refractivity contribution in [2.24, 2.45) is 0 Å². The molecule has 0 saturated heterocycles. The normalized spacial score (nSPS) is 10.6. The van der Waals surface area contributed by atoms with E-state index in [2.05, 4.69) is 32.1 Å². The van der Waals surface area contributed by atoms with E-state index in [9.17, 15) is 9.59 Å². The Morgan fingerprint density at radius 1 is 1.06 bits per heavy atom. The van der Waals surface area contributed by atoms with Crippen LogP contribution < -0.4 is 20.9 Å². The summed E-state index contributed by atoms with van der Waals surface area (Å²) in [5.41, 5.74) is 6.84. The molecule has 0 aliphatic heterocycles. The zero-order valence-electron chi connectivity index (χ0n) is 16.6. The van der Waals surface area contributed by atoms with Gasteiger partial charge in [0.1, 0.15) is 5.75 Å². The number of fused-ring (bicyclic) bond motifs is 1. The third-order valence-corrected chi connectivity index (χ3v) is 5.06. The monoisotopic (exact) mass is 497 g/mol. The van der Waals surface area contributed by atoms with Crippen LogP contribution >= 0.6 is 28.1 Å². The van der Waals surface area contributed by atoms with Gasteiger partial charge >= 0.3 is 0 Å². The van der Waals surface area contributed by atoms with Crippen LogP contribution in [0.2, 0.25) is 0 Å². The molecule has 0 atom stereocenters. The van der Waals surface area contributed by atoms with E-state index in [1.54, 1.807) is 12.1 Å². The second kappa shape index (κ2) is 10.7. The Hall–Kier alpha value is -3.23. The lowest BCUT2D eigenvalue weighted by Gasteiger charge is -2.11. The van der Waals surface area contributed by atoms with Gasteiger partial charge in [-0.15, -0.1) is 0 Å². The van der Waals surface area contributed by atoms with E-state index < -0.39 is 11.8 Å². The lowest BCUT2D eigenvalue weighted by molar-refractivity contribution is -0.123. The van der Waals surface area contributed by atoms with Crippen molar-refractivity contribution >= 4 is 61.9 Å². The molecular formula is C23H20BrN3O3S. The first-order valence-corrected chi connectivity index (χ1v) is 10.6. The van der Waals surface area contributed by atoms with Crippen molar-refractivity contribution in [3.05, 3.63) is 82.3 Å². The second-order valence-electron chi connectivity index (χ2n) is 6.62. The molecule has 0 radical (unpaired) electrons. The maximum atomic E-state index is 12.1. The van der Waals surface area contributed by atoms with E-state index in [-0.39, 0.29) is 11.7 Å². The van der Waals surface area contributed by atoms with Gasteiger partial charge in [0.2, 0.25) is 5.91 Å². The Kier molecular flexibility index (Phi) is 7.75. The average Bonchev–Trinajstić information content (AvgIpc) is 2.75. The summed E-state index contributed by atoms with van der Waals surface area (Å²) in [6.07, 6.45) is 3.10. The summed E-state index contributed by atoms with van der Waals surface area (Å²) in [7, 11) is 0. The third-order valence-electron chi connectivity index (χ3n) is 4.24. The first-order chi connectivity index (χ1) is 14.9. The van der Waals surface area contributed by atoms with Crippen molar-refractivity contribution in [3.63, 3.8) is 0 Å². The van der Waals surface area contributed by atoms with Gasteiger partial charge in [0.25, 0.3) is 5.91 Å². The molecule has 158 valence electrons. The van der Waals surface area contributed by atoms with Crippen LogP contribution in [-0.4, -0.2) is 23.5 Å². The van der Waals surface area contributed by atoms with Crippen LogP contribution in [0.15, 0.2) is 71.2 Å². The fraction of sp³-hybridized carbons (Fsp3) is 0.0870. The first kappa shape index (κ1) is 22.5. The third kappa shape index (κ3) is 6.63. The Bertz CT molecular complexity index is 1160. The van der Waals surface area contributed by atoms with Crippen LogP contribution in [0.25, 0.3) is 16.8 Å². The van der Waals surface area contributed by atoms with Gasteiger partial charge in [-0.25, -0.2) is 0 Å². The van der Waals surface area contributed by atoms with Crippen LogP contribution in [-0.2, 0) is 9.59 Å². The summed E-state index contributed by atoms with van der Waals surface area (Å²) >= 11 is 8.41. The SMILES string of the molecule is Cc1ccc(OCC(=O)NNC(=S)NC(=O)C=Cc2cccc3ccccc23)c(Br)c1. The molecule has 8 heteroatoms. The van der Waals surface area contributed by atoms with E-state index >= 15 is 0 Å². The molecule has 0 aliphatic carbocycles. The minimum atomic E-state index is -0.449. The number of rotatable bonds is 5. The summed E-state index contributed by atoms with van der Waals surface area (Å²) in [4.78, 5) is 24.0. The van der Waals surface area contributed by atoms with E-state index in [1.165, 1.54) is 6.08 Å². The molecule has 0 spiro atoms. The second-order valence-corrected chi connectivity index (χ2v) is 7.88. The highest BCUT2D eigenvalue weighted by Gasteiger charge is 2.07. The minimum Gasteiger partial charge on any atom is -0.483 e. The van der Waals surface area contributed by atoms with E-state index in [0.29, 0.717) is 5.75 Å². The van der Waals surface area contributed by atoms with Gasteiger partial charge in [0, 0.05) is 6.08 Å². The number of nitrogens with one attached hydrogen (secondary N) is 3. The molecule has 3 aromatic carbocycles. The van der Waals surface area contributed by atoms with Gasteiger partial charge in [-0.05, 0) is 75.2 Å². The number of benzene rings is 3. The largest absolute Gasteiger partial charge is 0.483 e. The number of ether oxygens (including phenoxy) is 1. The lowest BCUT2D eigenvalue weighted by Crippen LogP contribution is -2.49. The van der Waals surface area contributed by atoms with Crippen molar-refractivity contribution in [2.75, 3.05) is 6.61 Å². The number of hydrazine groups is 1. The van der Waals surface area contributed by atoms with Crippen LogP contribution in [0.5, 0.6) is 5.75 Å². The molecule has 0 bridgehead atoms. The van der Waals surface area contributed by atoms with Crippen LogP contribution in [0.1, 0.15) is 11.1 Å². The number of amides is 2. The van der Waals surface area contributed by atoms with Gasteiger partial charge in [-0.3, -0.25) is 25.8 Å². The van der Waals surface area contributed by atoms with Crippen LogP contribution in [0.4, 0.5) is 0 Å². The molecular weight excluding hydrogens is 478 g/mol. The molecule has 3 rings (SSSR count). The standard InChI is InChI=1S/C23H20BrN3O3S/c1-15-9-11-20(19(24)13-15)30-14-22(29)26-27-23(31)25-21(28)12-10-17-7-4-6-16-5-2-3-8-18(16)17/h2-13H,14H2,1H3,(H,26,29)(H2,25,27,28,31). The predicted octanol–water partition coefficient (Wildman–Crippen LogP) is 4.02. The van der Waals surface area contributed by atoms with Crippen molar-refractivity contribution < 1.29 is 14.3 Å². The molecule has 0 unspecified atom stereocenters. The Morgan fingerprint density at radius 3 is 2.65 bits per heavy atom. The van der Waals surface area contributed by atoms with Gasteiger partial charge in [0.15, 0.2) is 11.7 Å². The predicted molar refractivity (Wildman–Crippen MR) is 129 cm³/mol. The molecule has 3 aromatic rings. The molecule has 0 fully saturated rings. The highest BCUT2D eigenvalue weighted by atomic mass is 79.9. The maximum Gasteiger partial charge on any atom is 0.276 e. The van der Waals surface area contributed by atoms with Crippen molar-refractivity contribution in [1.29, 1.82) is 0 Å². The molecule has 0 heterocycles. The fourth-order valence-corrected chi connectivity index (χ4v) is 3.53. The Labute approximate surface area is 193 Å². The van der Waals surface area contributed by atoms with Crippen molar-refractivity contribution in [1.82, 2.24) is 16.2 Å². The van der Waals surface area contributed by atoms with E-state index in [1.807, 2.05) is 61.5 Å². The summed E-state index contributed by atoms with van der Waals surface area (Å²) in [5.74, 6) is -0.315. The smallest absolute Gasteiger partial charge is 0.276 e. The first-order valence-electron chi connectivity index (χ1n) is 9.37. The number of aryl methyl sites for hydroxylation is 1. The quantitative estimate of drug-likeness (QED) is 0.281. The number of carbonyl (C=O) groups is 2. The zero-order valence-corrected chi connectivity index (χ0v) is 19.0. The molecule has 6 nitrogen and oxygen atoms in total. The summed E-state index contributed by atoms with van der Waals surface area (Å²) in [5, 5.41) is 4.58. The Morgan fingerprint density at radius 2 is 1.84 bits per heavy atom. The summed E-state index contributed by atoms with van der Waals surface area (Å²) < 4.78 is 6.21. The highest BCUT2D eigenvalue weighted by molar-refractivity contribution is 9.10. The number of thiocarbonyl (C=S) groups is 1. The van der Waals surface area contributed by atoms with Crippen LogP contribution in [0, 0.1) is 6.92 Å². The Balaban J connectivity index is 1.45. The van der Waals surface area contributed by atoms with Crippen LogP contribution in [0.3, 0.4) is 0 Å². The molecule has 0 aromatic heterocycles. The van der Waals surface area contributed by atoms with E-state index in [0.717, 1.165) is 26.4 Å². The summed E-state index contributed by atoms with van der Waals surface area (Å²) in [6.45, 7) is 1.74. The molecule has 3 N–H and O–H groups in total. The van der Waals surface area contributed by atoms with Gasteiger partial charge in [0.05, 0.1) is 4.47 Å². The fourth-order valence-electron chi connectivity index (χ4n) is 2.77. The number of carbonyl (C=O) groups excluding carboxylic acids is 2. The molecule has 31 heavy (non-hydrogen) atoms. The lowest BCUT2D eigenvalue weighted by atomic mass is 10.0. The van der Waals surface area contributed by atoms with Gasteiger partial charge < -0.3 is 4.74 Å². The minimum absolute atomic E-state index is 0.0302. The average molecular weight is 498 g/mol. The summed E-state index contributed by atoms with van der Waals surface area (Å²) in [6, 6.07) is 19.3. The number of hydrogen-bond donors (Lipinski definition) is 3. The topological polar surface area (TPSA) is 79.5 Å². The number of hydrogen-bond acceptors (Lipinski definition) is 4. The van der Waals surface area contributed by atoms with Crippen molar-refractivity contribution in [3.8, 4) is 5.75 Å². The number of halogens is 1. The molecule has 2 amide bonds. The van der Waals surface area contributed by atoms with Gasteiger partial charge in [-0.1, -0.05) is 48.5 Å². The highest BCUT2D eigenvalue weighted by Crippen LogP contribution is 2.25. The van der Waals surface area contributed by atoms with Gasteiger partial charge in [-0.2, -0.15) is 0 Å². The zero-order chi connectivity index (χ0) is 22.2. The van der Waals surface area contributed by atoms with E-state index in [4.69, 9.17) is 17.0 Å². The maximum absolute atomic E-state index is 12.1. The molecule has 0 aliphatic rings. The molecule has 0 saturated carbocycles.